The van der Waals surface area contributed by atoms with Crippen LogP contribution in [0.5, 0.6) is 0 Å². The third-order valence-electron chi connectivity index (χ3n) is 3.55. The van der Waals surface area contributed by atoms with Gasteiger partial charge < -0.3 is 5.32 Å². The zero-order valence-corrected chi connectivity index (χ0v) is 15.3. The molecular formula is C17H18ClFN2O3S. The molecule has 0 aliphatic rings. The number of carbonyl (C=O) groups excluding carboxylic acids is 1. The van der Waals surface area contributed by atoms with E-state index in [1.54, 1.807) is 31.2 Å². The van der Waals surface area contributed by atoms with Crippen LogP contribution in [0.3, 0.4) is 0 Å². The second kappa shape index (κ2) is 7.84. The molecule has 0 bridgehead atoms. The molecule has 0 spiro atoms. The molecule has 1 N–H and O–H groups in total. The van der Waals surface area contributed by atoms with Crippen LogP contribution in [-0.4, -0.2) is 27.1 Å². The van der Waals surface area contributed by atoms with Gasteiger partial charge in [-0.3, -0.25) is 9.10 Å². The summed E-state index contributed by atoms with van der Waals surface area (Å²) < 4.78 is 38.0. The van der Waals surface area contributed by atoms with Crippen molar-refractivity contribution in [3.05, 3.63) is 64.9 Å². The number of hydrogen-bond donors (Lipinski definition) is 1. The monoisotopic (exact) mass is 384 g/mol. The summed E-state index contributed by atoms with van der Waals surface area (Å²) >= 11 is 5.81. The number of carbonyl (C=O) groups is 1. The van der Waals surface area contributed by atoms with Crippen molar-refractivity contribution in [3.63, 3.8) is 0 Å². The molecule has 8 heteroatoms. The standard InChI is InChI=1S/C17H18ClFN2O3S/c1-12(13-3-7-15(19)8-4-13)20-17(22)11-21(25(2,23)24)16-9-5-14(18)6-10-16/h3-10,12H,11H2,1-2H3,(H,20,22)/t12-/m0/s1. The first kappa shape index (κ1) is 19.2. The number of nitrogens with zero attached hydrogens (tertiary/aromatic N) is 1. The number of sulfonamides is 1. The number of hydrogen-bond acceptors (Lipinski definition) is 3. The molecule has 5 nitrogen and oxygen atoms in total. The molecule has 25 heavy (non-hydrogen) atoms. The summed E-state index contributed by atoms with van der Waals surface area (Å²) in [6.07, 6.45) is 1.03. The van der Waals surface area contributed by atoms with Gasteiger partial charge in [-0.05, 0) is 48.9 Å². The second-order valence-corrected chi connectivity index (χ2v) is 7.93. The average Bonchev–Trinajstić information content (AvgIpc) is 2.53. The Balaban J connectivity index is 2.12. The second-order valence-electron chi connectivity index (χ2n) is 5.59. The van der Waals surface area contributed by atoms with Gasteiger partial charge in [0, 0.05) is 5.02 Å². The summed E-state index contributed by atoms with van der Waals surface area (Å²) in [4.78, 5) is 12.3. The predicted molar refractivity (Wildman–Crippen MR) is 96.6 cm³/mol. The highest BCUT2D eigenvalue weighted by molar-refractivity contribution is 7.92. The van der Waals surface area contributed by atoms with E-state index in [0.717, 1.165) is 10.6 Å². The molecule has 2 rings (SSSR count). The van der Waals surface area contributed by atoms with E-state index in [1.807, 2.05) is 0 Å². The van der Waals surface area contributed by atoms with Gasteiger partial charge in [-0.25, -0.2) is 12.8 Å². The van der Waals surface area contributed by atoms with E-state index in [4.69, 9.17) is 11.6 Å². The topological polar surface area (TPSA) is 66.5 Å². The fourth-order valence-electron chi connectivity index (χ4n) is 2.26. The van der Waals surface area contributed by atoms with Gasteiger partial charge in [0.05, 0.1) is 18.0 Å². The van der Waals surface area contributed by atoms with E-state index in [1.165, 1.54) is 24.3 Å². The maximum Gasteiger partial charge on any atom is 0.241 e. The van der Waals surface area contributed by atoms with Crippen molar-refractivity contribution >= 4 is 33.2 Å². The van der Waals surface area contributed by atoms with Crippen molar-refractivity contribution in [2.75, 3.05) is 17.1 Å². The number of anilines is 1. The first-order valence-electron chi connectivity index (χ1n) is 7.45. The lowest BCUT2D eigenvalue weighted by atomic mass is 10.1. The minimum atomic E-state index is -3.65. The molecule has 1 amide bonds. The molecule has 0 aromatic heterocycles. The Hall–Kier alpha value is -2.12. The Morgan fingerprint density at radius 2 is 1.72 bits per heavy atom. The Morgan fingerprint density at radius 3 is 2.24 bits per heavy atom. The quantitative estimate of drug-likeness (QED) is 0.832. The number of amides is 1. The Morgan fingerprint density at radius 1 is 1.16 bits per heavy atom. The van der Waals surface area contributed by atoms with Crippen LogP contribution in [-0.2, 0) is 14.8 Å². The van der Waals surface area contributed by atoms with Gasteiger partial charge in [-0.2, -0.15) is 0 Å². The van der Waals surface area contributed by atoms with E-state index in [-0.39, 0.29) is 18.4 Å². The van der Waals surface area contributed by atoms with Gasteiger partial charge in [-0.15, -0.1) is 0 Å². The summed E-state index contributed by atoms with van der Waals surface area (Å²) in [5, 5.41) is 3.17. The zero-order chi connectivity index (χ0) is 18.6. The summed E-state index contributed by atoms with van der Waals surface area (Å²) in [6.45, 7) is 1.37. The summed E-state index contributed by atoms with van der Waals surface area (Å²) in [5.41, 5.74) is 1.06. The van der Waals surface area contributed by atoms with Gasteiger partial charge in [0.1, 0.15) is 12.4 Å². The van der Waals surface area contributed by atoms with Crippen molar-refractivity contribution < 1.29 is 17.6 Å². The maximum atomic E-state index is 13.0. The Labute approximate surface area is 151 Å². The molecule has 0 aliphatic heterocycles. The van der Waals surface area contributed by atoms with Gasteiger partial charge in [-0.1, -0.05) is 23.7 Å². The van der Waals surface area contributed by atoms with Crippen molar-refractivity contribution in [1.29, 1.82) is 0 Å². The number of rotatable bonds is 6. The van der Waals surface area contributed by atoms with Crippen LogP contribution < -0.4 is 9.62 Å². The van der Waals surface area contributed by atoms with Crippen LogP contribution >= 0.6 is 11.6 Å². The molecule has 0 radical (unpaired) electrons. The molecule has 134 valence electrons. The third-order valence-corrected chi connectivity index (χ3v) is 4.94. The summed E-state index contributed by atoms with van der Waals surface area (Å²) in [5.74, 6) is -0.842. The van der Waals surface area contributed by atoms with E-state index in [2.05, 4.69) is 5.32 Å². The van der Waals surface area contributed by atoms with Crippen LogP contribution in [0.1, 0.15) is 18.5 Å². The molecule has 0 unspecified atom stereocenters. The van der Waals surface area contributed by atoms with Gasteiger partial charge >= 0.3 is 0 Å². The lowest BCUT2D eigenvalue weighted by Crippen LogP contribution is -2.41. The molecule has 1 atom stereocenters. The molecule has 2 aromatic carbocycles. The smallest absolute Gasteiger partial charge is 0.241 e. The zero-order valence-electron chi connectivity index (χ0n) is 13.7. The lowest BCUT2D eigenvalue weighted by Gasteiger charge is -2.23. The first-order valence-corrected chi connectivity index (χ1v) is 9.67. The summed E-state index contributed by atoms with van der Waals surface area (Å²) in [6, 6.07) is 11.5. The number of benzene rings is 2. The minimum Gasteiger partial charge on any atom is -0.348 e. The van der Waals surface area contributed by atoms with Crippen LogP contribution in [0, 0.1) is 5.82 Å². The molecule has 0 saturated heterocycles. The Kier molecular flexibility index (Phi) is 6.02. The van der Waals surface area contributed by atoms with Crippen LogP contribution in [0.4, 0.5) is 10.1 Å². The van der Waals surface area contributed by atoms with E-state index in [9.17, 15) is 17.6 Å². The van der Waals surface area contributed by atoms with Crippen LogP contribution in [0.2, 0.25) is 5.02 Å². The van der Waals surface area contributed by atoms with Crippen molar-refractivity contribution in [2.45, 2.75) is 13.0 Å². The highest BCUT2D eigenvalue weighted by Gasteiger charge is 2.21. The highest BCUT2D eigenvalue weighted by Crippen LogP contribution is 2.20. The molecule has 2 aromatic rings. The van der Waals surface area contributed by atoms with Crippen LogP contribution in [0.25, 0.3) is 0 Å². The van der Waals surface area contributed by atoms with E-state index >= 15 is 0 Å². The van der Waals surface area contributed by atoms with Gasteiger partial charge in [0.2, 0.25) is 15.9 Å². The fraction of sp³-hybridized carbons (Fsp3) is 0.235. The van der Waals surface area contributed by atoms with Gasteiger partial charge in [0.15, 0.2) is 0 Å². The number of halogens is 2. The molecular weight excluding hydrogens is 367 g/mol. The van der Waals surface area contributed by atoms with Crippen molar-refractivity contribution in [2.24, 2.45) is 0 Å². The summed E-state index contributed by atoms with van der Waals surface area (Å²) in [7, 11) is -3.65. The average molecular weight is 385 g/mol. The molecule has 0 aliphatic carbocycles. The minimum absolute atomic E-state index is 0.344. The van der Waals surface area contributed by atoms with E-state index < -0.39 is 15.9 Å². The van der Waals surface area contributed by atoms with E-state index in [0.29, 0.717) is 16.3 Å². The SMILES string of the molecule is C[C@H](NC(=O)CN(c1ccc(Cl)cc1)S(C)(=O)=O)c1ccc(F)cc1. The normalized spacial score (nSPS) is 12.5. The van der Waals surface area contributed by atoms with Crippen molar-refractivity contribution in [1.82, 2.24) is 5.32 Å². The van der Waals surface area contributed by atoms with Crippen molar-refractivity contribution in [3.8, 4) is 0 Å². The van der Waals surface area contributed by atoms with Crippen LogP contribution in [0.15, 0.2) is 48.5 Å². The van der Waals surface area contributed by atoms with Gasteiger partial charge in [0.25, 0.3) is 0 Å². The lowest BCUT2D eigenvalue weighted by molar-refractivity contribution is -0.120. The maximum absolute atomic E-state index is 13.0. The molecule has 0 saturated carbocycles. The fourth-order valence-corrected chi connectivity index (χ4v) is 3.24. The number of nitrogens with one attached hydrogen (secondary N) is 1. The third kappa shape index (κ3) is 5.44. The largest absolute Gasteiger partial charge is 0.348 e. The molecule has 0 fully saturated rings. The predicted octanol–water partition coefficient (Wildman–Crippen LogP) is 3.12. The highest BCUT2D eigenvalue weighted by atomic mass is 35.5. The Bertz CT molecular complexity index is 839. The molecule has 0 heterocycles. The first-order chi connectivity index (χ1) is 11.7.